The summed E-state index contributed by atoms with van der Waals surface area (Å²) in [6.45, 7) is 17.5. The number of rotatable bonds is 17. The van der Waals surface area contributed by atoms with E-state index in [0.717, 1.165) is 58.0 Å². The molecule has 2 atom stereocenters. The van der Waals surface area contributed by atoms with Gasteiger partial charge in [0.1, 0.15) is 0 Å². The molecule has 0 aliphatic carbocycles. The molecule has 6 nitrogen and oxygen atoms in total. The summed E-state index contributed by atoms with van der Waals surface area (Å²) in [4.78, 5) is 2.46. The van der Waals surface area contributed by atoms with E-state index in [1.54, 1.807) is 0 Å². The van der Waals surface area contributed by atoms with Gasteiger partial charge in [-0.2, -0.15) is 0 Å². The van der Waals surface area contributed by atoms with Gasteiger partial charge in [-0.1, -0.05) is 13.8 Å². The van der Waals surface area contributed by atoms with Gasteiger partial charge >= 0.3 is 18.6 Å². The number of benzene rings is 1. The van der Waals surface area contributed by atoms with Crippen molar-refractivity contribution in [1.82, 2.24) is 0 Å². The summed E-state index contributed by atoms with van der Waals surface area (Å²) < 4.78 is 23.7. The Morgan fingerprint density at radius 3 is 1.43 bits per heavy atom. The Kier molecular flexibility index (Phi) is 14.3. The van der Waals surface area contributed by atoms with Crippen LogP contribution in [0.25, 0.3) is 0 Å². The third kappa shape index (κ3) is 9.93. The Hall–Kier alpha value is -0.906. The minimum absolute atomic E-state index is 0.451. The number of hydrogen-bond acceptors (Lipinski definition) is 6. The van der Waals surface area contributed by atoms with Crippen molar-refractivity contribution in [2.45, 2.75) is 65.5 Å². The summed E-state index contributed by atoms with van der Waals surface area (Å²) in [7, 11) is -3.29. The molecule has 0 saturated heterocycles. The zero-order valence-corrected chi connectivity index (χ0v) is 22.2. The van der Waals surface area contributed by atoms with Gasteiger partial charge in [0, 0.05) is 50.9 Å². The lowest BCUT2D eigenvalue weighted by molar-refractivity contribution is 0.203. The fourth-order valence-corrected chi connectivity index (χ4v) is 7.12. The molecule has 0 heterocycles. The molecule has 1 aromatic carbocycles. The van der Waals surface area contributed by atoms with Crippen molar-refractivity contribution >= 4 is 29.9 Å². The lowest BCUT2D eigenvalue weighted by Crippen LogP contribution is -2.34. The van der Waals surface area contributed by atoms with Gasteiger partial charge in [0.15, 0.2) is 0 Å². The van der Waals surface area contributed by atoms with Crippen LogP contribution in [-0.4, -0.2) is 58.1 Å². The minimum atomic E-state index is -1.64. The van der Waals surface area contributed by atoms with Crippen molar-refractivity contribution in [2.75, 3.05) is 50.2 Å². The van der Waals surface area contributed by atoms with E-state index in [0.29, 0.717) is 11.1 Å². The fraction of sp³-hybridized carbons (Fsp3) is 0.727. The molecule has 2 N–H and O–H groups in total. The van der Waals surface area contributed by atoms with Gasteiger partial charge in [0.05, 0.1) is 0 Å². The molecule has 30 heavy (non-hydrogen) atoms. The first kappa shape index (κ1) is 27.1. The first-order valence-electron chi connectivity index (χ1n) is 11.5. The van der Waals surface area contributed by atoms with Crippen molar-refractivity contribution in [3.8, 4) is 0 Å². The summed E-state index contributed by atoms with van der Waals surface area (Å²) >= 11 is 0. The van der Waals surface area contributed by atoms with Gasteiger partial charge in [-0.3, -0.25) is 0 Å². The van der Waals surface area contributed by atoms with E-state index < -0.39 is 18.6 Å². The van der Waals surface area contributed by atoms with Crippen LogP contribution in [0.5, 0.6) is 0 Å². The Labute approximate surface area is 187 Å². The average molecular weight is 457 g/mol. The zero-order chi connectivity index (χ0) is 22.4. The molecule has 0 saturated carbocycles. The molecule has 0 bridgehead atoms. The number of nitrogens with zero attached hydrogens (tertiary/aromatic N) is 1. The van der Waals surface area contributed by atoms with E-state index in [9.17, 15) is 0 Å². The van der Waals surface area contributed by atoms with Gasteiger partial charge in [-0.15, -0.1) is 0 Å². The zero-order valence-electron chi connectivity index (χ0n) is 19.9. The van der Waals surface area contributed by atoms with Crippen molar-refractivity contribution < 1.29 is 17.7 Å². The molecule has 0 radical (unpaired) electrons. The van der Waals surface area contributed by atoms with Crippen molar-refractivity contribution in [3.63, 3.8) is 0 Å². The summed E-state index contributed by atoms with van der Waals surface area (Å²) in [5.41, 5.74) is 8.81. The predicted molar refractivity (Wildman–Crippen MR) is 132 cm³/mol. The second-order valence-electron chi connectivity index (χ2n) is 7.67. The molecular formula is C22H44N2O4Si2. The van der Waals surface area contributed by atoms with Crippen molar-refractivity contribution in [1.29, 1.82) is 0 Å². The van der Waals surface area contributed by atoms with Crippen LogP contribution in [-0.2, 0) is 17.7 Å². The number of anilines is 2. The van der Waals surface area contributed by atoms with Gasteiger partial charge in [0.2, 0.25) is 0 Å². The first-order chi connectivity index (χ1) is 14.5. The maximum Gasteiger partial charge on any atom is 0.324 e. The summed E-state index contributed by atoms with van der Waals surface area (Å²) in [5.74, 6) is 0. The SMILES string of the molecule is CCO[SiH](OCC)C(C)CCN(CCC(C)[SiH](OCC)OCC)c1ccc(N)cc1. The van der Waals surface area contributed by atoms with Crippen LogP contribution in [0.2, 0.25) is 11.1 Å². The Morgan fingerprint density at radius 2 is 1.10 bits per heavy atom. The highest BCUT2D eigenvalue weighted by atomic mass is 28.3. The Balaban J connectivity index is 2.78. The second-order valence-corrected chi connectivity index (χ2v) is 12.8. The number of nitrogens with two attached hydrogens (primary N) is 1. The van der Waals surface area contributed by atoms with Crippen LogP contribution in [0.15, 0.2) is 24.3 Å². The van der Waals surface area contributed by atoms with E-state index in [1.165, 1.54) is 5.69 Å². The smallest absolute Gasteiger partial charge is 0.324 e. The van der Waals surface area contributed by atoms with E-state index in [2.05, 4.69) is 30.9 Å². The maximum atomic E-state index is 5.94. The van der Waals surface area contributed by atoms with E-state index >= 15 is 0 Å². The lowest BCUT2D eigenvalue weighted by atomic mass is 10.2. The predicted octanol–water partition coefficient (Wildman–Crippen LogP) is 4.22. The largest absolute Gasteiger partial charge is 0.399 e. The summed E-state index contributed by atoms with van der Waals surface area (Å²) in [5, 5.41) is 0. The first-order valence-corrected chi connectivity index (χ1v) is 14.7. The van der Waals surface area contributed by atoms with Gasteiger partial charge < -0.3 is 28.3 Å². The monoisotopic (exact) mass is 456 g/mol. The molecule has 1 aromatic rings. The third-order valence-electron chi connectivity index (χ3n) is 5.22. The van der Waals surface area contributed by atoms with Gasteiger partial charge in [0.25, 0.3) is 0 Å². The number of nitrogen functional groups attached to an aromatic ring is 1. The van der Waals surface area contributed by atoms with Crippen LogP contribution in [0.1, 0.15) is 54.4 Å². The molecule has 0 fully saturated rings. The van der Waals surface area contributed by atoms with Gasteiger partial charge in [-0.25, -0.2) is 0 Å². The van der Waals surface area contributed by atoms with Crippen LogP contribution in [0.4, 0.5) is 11.4 Å². The van der Waals surface area contributed by atoms with Crippen molar-refractivity contribution in [2.24, 2.45) is 0 Å². The molecular weight excluding hydrogens is 412 g/mol. The number of hydrogen-bond donors (Lipinski definition) is 1. The van der Waals surface area contributed by atoms with Crippen molar-refractivity contribution in [3.05, 3.63) is 24.3 Å². The molecule has 174 valence electrons. The average Bonchev–Trinajstić information content (AvgIpc) is 2.74. The van der Waals surface area contributed by atoms with Crippen LogP contribution in [0.3, 0.4) is 0 Å². The van der Waals surface area contributed by atoms with E-state index in [1.807, 2.05) is 39.8 Å². The molecule has 8 heteroatoms. The van der Waals surface area contributed by atoms with Gasteiger partial charge in [-0.05, 0) is 75.9 Å². The highest BCUT2D eigenvalue weighted by Gasteiger charge is 2.24. The topological polar surface area (TPSA) is 66.2 Å². The summed E-state index contributed by atoms with van der Waals surface area (Å²) in [6.07, 6.45) is 2.10. The van der Waals surface area contributed by atoms with E-state index in [-0.39, 0.29) is 0 Å². The molecule has 1 rings (SSSR count). The molecule has 0 aliphatic heterocycles. The molecule has 0 amide bonds. The minimum Gasteiger partial charge on any atom is -0.399 e. The normalized spacial score (nSPS) is 13.7. The van der Waals surface area contributed by atoms with Crippen LogP contribution >= 0.6 is 0 Å². The Bertz CT molecular complexity index is 512. The molecule has 0 aliphatic rings. The molecule has 0 spiro atoms. The molecule has 0 aromatic heterocycles. The Morgan fingerprint density at radius 1 is 0.733 bits per heavy atom. The highest BCUT2D eigenvalue weighted by molar-refractivity contribution is 6.46. The standard InChI is InChI=1S/C22H44N2O4Si2/c1-7-25-29(26-8-2)19(5)15-17-24(22-13-11-21(23)12-14-22)18-16-20(6)30(27-9-3)28-10-4/h11-14,19-20,29-30H,7-10,15-18,23H2,1-6H3. The highest BCUT2D eigenvalue weighted by Crippen LogP contribution is 2.24. The second kappa shape index (κ2) is 15.8. The summed E-state index contributed by atoms with van der Waals surface area (Å²) in [6, 6.07) is 8.19. The lowest BCUT2D eigenvalue weighted by Gasteiger charge is -2.30. The third-order valence-corrected chi connectivity index (χ3v) is 10.4. The maximum absolute atomic E-state index is 5.94. The van der Waals surface area contributed by atoms with Crippen LogP contribution in [0, 0.1) is 0 Å². The molecule has 2 unspecified atom stereocenters. The fourth-order valence-electron chi connectivity index (χ4n) is 3.46. The van der Waals surface area contributed by atoms with E-state index in [4.69, 9.17) is 23.4 Å². The quantitative estimate of drug-likeness (QED) is 0.280. The van der Waals surface area contributed by atoms with Crippen LogP contribution < -0.4 is 10.6 Å².